The number of carboxylic acid groups (broad SMARTS) is 2. The fraction of sp³-hybridized carbons (Fsp3) is 0.158. The predicted octanol–water partition coefficient (Wildman–Crippen LogP) is 3.23. The number of aliphatic carboxylic acids is 1. The zero-order valence-electron chi connectivity index (χ0n) is 13.6. The third-order valence-corrected chi connectivity index (χ3v) is 4.05. The summed E-state index contributed by atoms with van der Waals surface area (Å²) in [6.45, 7) is 1.55. The van der Waals surface area contributed by atoms with Crippen molar-refractivity contribution in [1.82, 2.24) is 4.98 Å². The fourth-order valence-electron chi connectivity index (χ4n) is 2.86. The molecule has 0 aliphatic carbocycles. The number of benzene rings is 2. The number of rotatable bonds is 6. The standard InChI is InChI=1S/C19H17NO5/c1-11-16(14-3-2-4-15(19(23)24)18(14)20-11)9-12-5-7-13(8-6-12)25-10-17(21)22/h2-8,20H,9-10H2,1H3,(H,21,22)(H,23,24). The van der Waals surface area contributed by atoms with Crippen LogP contribution in [0.4, 0.5) is 0 Å². The van der Waals surface area contributed by atoms with E-state index >= 15 is 0 Å². The molecule has 0 aliphatic heterocycles. The Bertz CT molecular complexity index is 940. The number of H-pyrrole nitrogens is 1. The number of hydrogen-bond acceptors (Lipinski definition) is 3. The van der Waals surface area contributed by atoms with E-state index in [1.54, 1.807) is 24.3 Å². The minimum Gasteiger partial charge on any atom is -0.482 e. The maximum Gasteiger partial charge on any atom is 0.341 e. The van der Waals surface area contributed by atoms with Crippen molar-refractivity contribution < 1.29 is 24.5 Å². The number of aromatic amines is 1. The normalized spacial score (nSPS) is 10.8. The molecule has 1 aromatic heterocycles. The quantitative estimate of drug-likeness (QED) is 0.640. The third-order valence-electron chi connectivity index (χ3n) is 4.05. The van der Waals surface area contributed by atoms with Gasteiger partial charge in [-0.25, -0.2) is 9.59 Å². The summed E-state index contributed by atoms with van der Waals surface area (Å²) in [6.07, 6.45) is 0.633. The first-order valence-corrected chi connectivity index (χ1v) is 7.72. The van der Waals surface area contributed by atoms with Crippen molar-refractivity contribution in [3.63, 3.8) is 0 Å². The first-order chi connectivity index (χ1) is 12.0. The van der Waals surface area contributed by atoms with Gasteiger partial charge in [0, 0.05) is 11.1 Å². The van der Waals surface area contributed by atoms with Crippen molar-refractivity contribution in [2.75, 3.05) is 6.61 Å². The van der Waals surface area contributed by atoms with E-state index in [9.17, 15) is 14.7 Å². The van der Waals surface area contributed by atoms with E-state index in [1.165, 1.54) is 0 Å². The van der Waals surface area contributed by atoms with Gasteiger partial charge < -0.3 is 19.9 Å². The average Bonchev–Trinajstić information content (AvgIpc) is 2.89. The number of carbonyl (C=O) groups is 2. The molecule has 0 unspecified atom stereocenters. The molecular formula is C19H17NO5. The number of carboxylic acids is 2. The van der Waals surface area contributed by atoms with E-state index < -0.39 is 11.9 Å². The zero-order valence-corrected chi connectivity index (χ0v) is 13.6. The smallest absolute Gasteiger partial charge is 0.341 e. The highest BCUT2D eigenvalue weighted by atomic mass is 16.5. The summed E-state index contributed by atoms with van der Waals surface area (Å²) >= 11 is 0. The van der Waals surface area contributed by atoms with Gasteiger partial charge >= 0.3 is 11.9 Å². The molecule has 3 aromatic rings. The largest absolute Gasteiger partial charge is 0.482 e. The first kappa shape index (κ1) is 16.6. The number of hydrogen-bond donors (Lipinski definition) is 3. The van der Waals surface area contributed by atoms with Gasteiger partial charge in [-0.1, -0.05) is 24.3 Å². The van der Waals surface area contributed by atoms with E-state index in [4.69, 9.17) is 9.84 Å². The van der Waals surface area contributed by atoms with Gasteiger partial charge in [0.15, 0.2) is 6.61 Å². The van der Waals surface area contributed by atoms with Gasteiger partial charge in [-0.05, 0) is 42.7 Å². The van der Waals surface area contributed by atoms with Crippen LogP contribution in [0.15, 0.2) is 42.5 Å². The van der Waals surface area contributed by atoms with E-state index in [-0.39, 0.29) is 12.2 Å². The average molecular weight is 339 g/mol. The van der Waals surface area contributed by atoms with E-state index in [2.05, 4.69) is 4.98 Å². The second-order valence-electron chi connectivity index (χ2n) is 5.76. The summed E-state index contributed by atoms with van der Waals surface area (Å²) in [4.78, 5) is 25.1. The molecule has 0 spiro atoms. The SMILES string of the molecule is Cc1[nH]c2c(C(=O)O)cccc2c1Cc1ccc(OCC(=O)O)cc1. The van der Waals surface area contributed by atoms with Crippen LogP contribution >= 0.6 is 0 Å². The van der Waals surface area contributed by atoms with Crippen molar-refractivity contribution in [3.8, 4) is 5.75 Å². The van der Waals surface area contributed by atoms with Crippen LogP contribution in [0.5, 0.6) is 5.75 Å². The number of aromatic carboxylic acids is 1. The molecule has 2 aromatic carbocycles. The molecule has 128 valence electrons. The van der Waals surface area contributed by atoms with Crippen molar-refractivity contribution in [2.24, 2.45) is 0 Å². The van der Waals surface area contributed by atoms with Gasteiger partial charge in [-0.3, -0.25) is 0 Å². The van der Waals surface area contributed by atoms with Gasteiger partial charge in [0.1, 0.15) is 5.75 Å². The molecule has 3 rings (SSSR count). The zero-order chi connectivity index (χ0) is 18.0. The molecule has 0 amide bonds. The predicted molar refractivity (Wildman–Crippen MR) is 92.4 cm³/mol. The Balaban J connectivity index is 1.88. The molecule has 0 fully saturated rings. The summed E-state index contributed by atoms with van der Waals surface area (Å²) < 4.78 is 5.12. The maximum atomic E-state index is 11.4. The Hall–Kier alpha value is -3.28. The van der Waals surface area contributed by atoms with Gasteiger partial charge in [0.05, 0.1) is 11.1 Å². The van der Waals surface area contributed by atoms with Gasteiger partial charge in [0.2, 0.25) is 0 Å². The topological polar surface area (TPSA) is 99.6 Å². The molecule has 0 bridgehead atoms. The lowest BCUT2D eigenvalue weighted by Gasteiger charge is -2.06. The fourth-order valence-corrected chi connectivity index (χ4v) is 2.86. The van der Waals surface area contributed by atoms with Crippen molar-refractivity contribution in [2.45, 2.75) is 13.3 Å². The molecule has 3 N–H and O–H groups in total. The summed E-state index contributed by atoms with van der Waals surface area (Å²) in [5.41, 5.74) is 3.87. The lowest BCUT2D eigenvalue weighted by Crippen LogP contribution is -2.09. The Labute approximate surface area is 143 Å². The molecule has 0 aliphatic rings. The molecule has 0 saturated carbocycles. The summed E-state index contributed by atoms with van der Waals surface area (Å²) in [7, 11) is 0. The van der Waals surface area contributed by atoms with Gasteiger partial charge in [-0.2, -0.15) is 0 Å². The second kappa shape index (κ2) is 6.68. The minimum atomic E-state index is -1.02. The Morgan fingerprint density at radius 3 is 2.44 bits per heavy atom. The number of aromatic nitrogens is 1. The first-order valence-electron chi connectivity index (χ1n) is 7.72. The van der Waals surface area contributed by atoms with Crippen LogP contribution in [0, 0.1) is 6.92 Å². The van der Waals surface area contributed by atoms with Crippen molar-refractivity contribution >= 4 is 22.8 Å². The third kappa shape index (κ3) is 3.47. The molecule has 0 saturated heterocycles. The van der Waals surface area contributed by atoms with Crippen LogP contribution in [0.2, 0.25) is 0 Å². The van der Waals surface area contributed by atoms with Gasteiger partial charge in [0.25, 0.3) is 0 Å². The highest BCUT2D eigenvalue weighted by Gasteiger charge is 2.15. The van der Waals surface area contributed by atoms with E-state index in [0.29, 0.717) is 17.7 Å². The number of para-hydroxylation sites is 1. The number of aryl methyl sites for hydroxylation is 1. The van der Waals surface area contributed by atoms with Crippen molar-refractivity contribution in [1.29, 1.82) is 0 Å². The molecule has 25 heavy (non-hydrogen) atoms. The lowest BCUT2D eigenvalue weighted by atomic mass is 10.0. The molecule has 0 radical (unpaired) electrons. The monoisotopic (exact) mass is 339 g/mol. The number of nitrogens with one attached hydrogen (secondary N) is 1. The van der Waals surface area contributed by atoms with Crippen LogP contribution in [0.1, 0.15) is 27.2 Å². The van der Waals surface area contributed by atoms with Crippen molar-refractivity contribution in [3.05, 3.63) is 64.8 Å². The maximum absolute atomic E-state index is 11.4. The van der Waals surface area contributed by atoms with E-state index in [1.807, 2.05) is 25.1 Å². The second-order valence-corrected chi connectivity index (χ2v) is 5.76. The highest BCUT2D eigenvalue weighted by Crippen LogP contribution is 2.27. The Morgan fingerprint density at radius 1 is 1.08 bits per heavy atom. The van der Waals surface area contributed by atoms with Crippen LogP contribution in [0.25, 0.3) is 10.9 Å². The lowest BCUT2D eigenvalue weighted by molar-refractivity contribution is -0.139. The highest BCUT2D eigenvalue weighted by molar-refractivity contribution is 6.03. The van der Waals surface area contributed by atoms with Gasteiger partial charge in [-0.15, -0.1) is 0 Å². The van der Waals surface area contributed by atoms with Crippen LogP contribution in [-0.2, 0) is 11.2 Å². The van der Waals surface area contributed by atoms with E-state index in [0.717, 1.165) is 22.2 Å². The summed E-state index contributed by atoms with van der Waals surface area (Å²) in [6, 6.07) is 12.4. The Kier molecular flexibility index (Phi) is 4.43. The summed E-state index contributed by atoms with van der Waals surface area (Å²) in [5, 5.41) is 18.8. The number of ether oxygens (including phenoxy) is 1. The minimum absolute atomic E-state index is 0.254. The molecule has 6 nitrogen and oxygen atoms in total. The Morgan fingerprint density at radius 2 is 1.80 bits per heavy atom. The van der Waals surface area contributed by atoms with Crippen LogP contribution in [-0.4, -0.2) is 33.7 Å². The summed E-state index contributed by atoms with van der Waals surface area (Å²) in [5.74, 6) is -1.49. The molecule has 6 heteroatoms. The molecular weight excluding hydrogens is 322 g/mol. The molecule has 0 atom stereocenters. The van der Waals surface area contributed by atoms with Crippen LogP contribution in [0.3, 0.4) is 0 Å². The number of fused-ring (bicyclic) bond motifs is 1. The van der Waals surface area contributed by atoms with Crippen LogP contribution < -0.4 is 4.74 Å². The molecule has 1 heterocycles.